The molecule has 18 heavy (non-hydrogen) atoms. The van der Waals surface area contributed by atoms with Gasteiger partial charge < -0.3 is 4.74 Å². The van der Waals surface area contributed by atoms with Crippen LogP contribution >= 0.6 is 0 Å². The summed E-state index contributed by atoms with van der Waals surface area (Å²) in [5.74, 6) is 1.70. The maximum absolute atomic E-state index is 5.23. The molecule has 1 heteroatoms. The minimum Gasteiger partial charge on any atom is -0.497 e. The third kappa shape index (κ3) is 5.12. The minimum atomic E-state index is 0.738. The second kappa shape index (κ2) is 9.02. The fourth-order valence-corrected chi connectivity index (χ4v) is 2.45. The molecular formula is C17H28O. The normalized spacial score (nSPS) is 12.4. The standard InChI is InChI=1S/C17H28O/c1-4-6-8-10-15(9-7-5-2)16-11-13-17(18-3)14-12-16/h11-15H,4-10H2,1-3H3. The van der Waals surface area contributed by atoms with Gasteiger partial charge in [0.1, 0.15) is 5.75 Å². The molecular weight excluding hydrogens is 220 g/mol. The highest BCUT2D eigenvalue weighted by atomic mass is 16.5. The van der Waals surface area contributed by atoms with Crippen LogP contribution in [-0.2, 0) is 0 Å². The van der Waals surface area contributed by atoms with E-state index in [1.807, 2.05) is 0 Å². The number of rotatable bonds is 9. The molecule has 0 radical (unpaired) electrons. The number of ether oxygens (including phenoxy) is 1. The number of benzene rings is 1. The summed E-state index contributed by atoms with van der Waals surface area (Å²) in [6.45, 7) is 4.55. The van der Waals surface area contributed by atoms with E-state index in [9.17, 15) is 0 Å². The van der Waals surface area contributed by atoms with Crippen molar-refractivity contribution in [1.29, 1.82) is 0 Å². The van der Waals surface area contributed by atoms with Crippen LogP contribution in [0.3, 0.4) is 0 Å². The molecule has 0 aliphatic heterocycles. The van der Waals surface area contributed by atoms with E-state index < -0.39 is 0 Å². The lowest BCUT2D eigenvalue weighted by Gasteiger charge is -2.17. The van der Waals surface area contributed by atoms with Crippen LogP contribution in [0.25, 0.3) is 0 Å². The van der Waals surface area contributed by atoms with Crippen molar-refractivity contribution in [3.05, 3.63) is 29.8 Å². The Morgan fingerprint density at radius 3 is 2.06 bits per heavy atom. The molecule has 0 aliphatic carbocycles. The van der Waals surface area contributed by atoms with E-state index in [1.54, 1.807) is 7.11 Å². The summed E-state index contributed by atoms with van der Waals surface area (Å²) < 4.78 is 5.23. The van der Waals surface area contributed by atoms with Gasteiger partial charge in [0.15, 0.2) is 0 Å². The zero-order valence-electron chi connectivity index (χ0n) is 12.2. The lowest BCUT2D eigenvalue weighted by molar-refractivity contribution is 0.414. The van der Waals surface area contributed by atoms with Crippen LogP contribution < -0.4 is 4.74 Å². The second-order valence-corrected chi connectivity index (χ2v) is 5.11. The molecule has 0 N–H and O–H groups in total. The predicted octanol–water partition coefficient (Wildman–Crippen LogP) is 5.55. The van der Waals surface area contributed by atoms with Crippen molar-refractivity contribution in [3.63, 3.8) is 0 Å². The first-order valence-electron chi connectivity index (χ1n) is 7.45. The van der Waals surface area contributed by atoms with Gasteiger partial charge in [-0.3, -0.25) is 0 Å². The van der Waals surface area contributed by atoms with Gasteiger partial charge in [0, 0.05) is 0 Å². The van der Waals surface area contributed by atoms with Crippen molar-refractivity contribution >= 4 is 0 Å². The third-order valence-electron chi connectivity index (χ3n) is 3.65. The van der Waals surface area contributed by atoms with Gasteiger partial charge >= 0.3 is 0 Å². The van der Waals surface area contributed by atoms with Gasteiger partial charge in [0.05, 0.1) is 7.11 Å². The van der Waals surface area contributed by atoms with Crippen LogP contribution in [0.15, 0.2) is 24.3 Å². The Kier molecular flexibility index (Phi) is 7.55. The van der Waals surface area contributed by atoms with Crippen molar-refractivity contribution in [2.75, 3.05) is 7.11 Å². The number of methoxy groups -OCH3 is 1. The number of unbranched alkanes of at least 4 members (excludes halogenated alkanes) is 3. The van der Waals surface area contributed by atoms with Crippen LogP contribution in [0.2, 0.25) is 0 Å². The van der Waals surface area contributed by atoms with E-state index in [4.69, 9.17) is 4.74 Å². The third-order valence-corrected chi connectivity index (χ3v) is 3.65. The first-order valence-corrected chi connectivity index (χ1v) is 7.45. The van der Waals surface area contributed by atoms with Gasteiger partial charge in [-0.2, -0.15) is 0 Å². The highest BCUT2D eigenvalue weighted by Crippen LogP contribution is 2.29. The van der Waals surface area contributed by atoms with Crippen molar-refractivity contribution in [3.8, 4) is 5.75 Å². The maximum atomic E-state index is 5.23. The summed E-state index contributed by atoms with van der Waals surface area (Å²) in [7, 11) is 1.73. The van der Waals surface area contributed by atoms with Crippen LogP contribution in [0, 0.1) is 0 Å². The van der Waals surface area contributed by atoms with Gasteiger partial charge in [0.25, 0.3) is 0 Å². The molecule has 0 spiro atoms. The predicted molar refractivity (Wildman–Crippen MR) is 79.4 cm³/mol. The molecule has 0 heterocycles. The highest BCUT2D eigenvalue weighted by Gasteiger charge is 2.10. The molecule has 0 aliphatic rings. The van der Waals surface area contributed by atoms with Crippen molar-refractivity contribution in [1.82, 2.24) is 0 Å². The van der Waals surface area contributed by atoms with Crippen molar-refractivity contribution < 1.29 is 4.74 Å². The Bertz CT molecular complexity index is 302. The average molecular weight is 248 g/mol. The van der Waals surface area contributed by atoms with Crippen LogP contribution in [0.5, 0.6) is 5.75 Å². The molecule has 1 unspecified atom stereocenters. The summed E-state index contributed by atoms with van der Waals surface area (Å²) >= 11 is 0. The van der Waals surface area contributed by atoms with Crippen LogP contribution in [0.4, 0.5) is 0 Å². The minimum absolute atomic E-state index is 0.738. The fraction of sp³-hybridized carbons (Fsp3) is 0.647. The Morgan fingerprint density at radius 2 is 1.50 bits per heavy atom. The lowest BCUT2D eigenvalue weighted by Crippen LogP contribution is -1.99. The summed E-state index contributed by atoms with van der Waals surface area (Å²) in [5, 5.41) is 0. The number of hydrogen-bond donors (Lipinski definition) is 0. The molecule has 1 aromatic carbocycles. The fourth-order valence-electron chi connectivity index (χ4n) is 2.45. The second-order valence-electron chi connectivity index (χ2n) is 5.11. The molecule has 0 saturated heterocycles. The van der Waals surface area contributed by atoms with Crippen molar-refractivity contribution in [2.45, 2.75) is 64.7 Å². The van der Waals surface area contributed by atoms with Gasteiger partial charge in [-0.25, -0.2) is 0 Å². The molecule has 1 aromatic rings. The van der Waals surface area contributed by atoms with Gasteiger partial charge in [-0.1, -0.05) is 58.1 Å². The molecule has 0 aromatic heterocycles. The molecule has 102 valence electrons. The summed E-state index contributed by atoms with van der Waals surface area (Å²) in [4.78, 5) is 0. The Balaban J connectivity index is 2.60. The lowest BCUT2D eigenvalue weighted by atomic mass is 9.89. The molecule has 1 nitrogen and oxygen atoms in total. The van der Waals surface area contributed by atoms with Gasteiger partial charge in [0.2, 0.25) is 0 Å². The topological polar surface area (TPSA) is 9.23 Å². The largest absolute Gasteiger partial charge is 0.497 e. The first kappa shape index (κ1) is 15.1. The van der Waals surface area contributed by atoms with E-state index in [1.165, 1.54) is 50.5 Å². The summed E-state index contributed by atoms with van der Waals surface area (Å²) in [6, 6.07) is 8.67. The van der Waals surface area contributed by atoms with Gasteiger partial charge in [-0.05, 0) is 36.5 Å². The molecule has 0 amide bonds. The summed E-state index contributed by atoms with van der Waals surface area (Å²) in [5.41, 5.74) is 1.49. The average Bonchev–Trinajstić information content (AvgIpc) is 2.43. The smallest absolute Gasteiger partial charge is 0.118 e. The zero-order chi connectivity index (χ0) is 13.2. The number of hydrogen-bond acceptors (Lipinski definition) is 1. The van der Waals surface area contributed by atoms with Crippen LogP contribution in [-0.4, -0.2) is 7.11 Å². The monoisotopic (exact) mass is 248 g/mol. The SMILES string of the molecule is CCCCCC(CCCC)c1ccc(OC)cc1. The Morgan fingerprint density at radius 1 is 0.889 bits per heavy atom. The van der Waals surface area contributed by atoms with E-state index in [0.29, 0.717) is 0 Å². The molecule has 0 bridgehead atoms. The first-order chi connectivity index (χ1) is 8.81. The van der Waals surface area contributed by atoms with Gasteiger partial charge in [-0.15, -0.1) is 0 Å². The quantitative estimate of drug-likeness (QED) is 0.521. The van der Waals surface area contributed by atoms with E-state index in [2.05, 4.69) is 38.1 Å². The maximum Gasteiger partial charge on any atom is 0.118 e. The molecule has 1 rings (SSSR count). The van der Waals surface area contributed by atoms with E-state index >= 15 is 0 Å². The molecule has 0 fully saturated rings. The van der Waals surface area contributed by atoms with E-state index in [-0.39, 0.29) is 0 Å². The Labute approximate surface area is 113 Å². The molecule has 0 saturated carbocycles. The summed E-state index contributed by atoms with van der Waals surface area (Å²) in [6.07, 6.45) is 9.31. The van der Waals surface area contributed by atoms with Crippen molar-refractivity contribution in [2.24, 2.45) is 0 Å². The zero-order valence-corrected chi connectivity index (χ0v) is 12.2. The Hall–Kier alpha value is -0.980. The van der Waals surface area contributed by atoms with E-state index in [0.717, 1.165) is 11.7 Å². The molecule has 1 atom stereocenters. The highest BCUT2D eigenvalue weighted by molar-refractivity contribution is 5.29. The van der Waals surface area contributed by atoms with Crippen LogP contribution in [0.1, 0.15) is 70.3 Å².